The smallest absolute Gasteiger partial charge is 0.215 e. The lowest BCUT2D eigenvalue weighted by atomic mass is 9.85. The van der Waals surface area contributed by atoms with E-state index in [1.54, 1.807) is 4.31 Å². The van der Waals surface area contributed by atoms with Gasteiger partial charge in [-0.25, -0.2) is 12.7 Å². The van der Waals surface area contributed by atoms with Crippen LogP contribution in [0, 0.1) is 5.92 Å². The number of likely N-dealkylation sites (tertiary alicyclic amines) is 1. The molecule has 0 aliphatic carbocycles. The number of piperidine rings is 3. The Labute approximate surface area is 129 Å². The first-order valence-corrected chi connectivity index (χ1v) is 10.1. The van der Waals surface area contributed by atoms with Crippen molar-refractivity contribution in [2.75, 3.05) is 39.0 Å². The Morgan fingerprint density at radius 1 is 1.10 bits per heavy atom. The van der Waals surface area contributed by atoms with Crippen LogP contribution in [0.4, 0.5) is 0 Å². The predicted molar refractivity (Wildman–Crippen MR) is 84.8 cm³/mol. The van der Waals surface area contributed by atoms with E-state index in [4.69, 9.17) is 0 Å². The molecule has 0 spiro atoms. The molecule has 3 fully saturated rings. The highest BCUT2D eigenvalue weighted by Crippen LogP contribution is 2.31. The Morgan fingerprint density at radius 2 is 1.95 bits per heavy atom. The minimum absolute atomic E-state index is 0.163. The second-order valence-electron chi connectivity index (χ2n) is 7.02. The van der Waals surface area contributed by atoms with Crippen molar-refractivity contribution < 1.29 is 8.42 Å². The van der Waals surface area contributed by atoms with Crippen LogP contribution in [0.15, 0.2) is 0 Å². The first kappa shape index (κ1) is 15.7. The third-order valence-corrected chi connectivity index (χ3v) is 7.47. The van der Waals surface area contributed by atoms with Crippen molar-refractivity contribution in [3.05, 3.63) is 0 Å². The maximum Gasteiger partial charge on any atom is 0.215 e. The van der Waals surface area contributed by atoms with E-state index < -0.39 is 10.0 Å². The number of fused-ring (bicyclic) bond motifs is 1. The highest BCUT2D eigenvalue weighted by Gasteiger charge is 2.38. The summed E-state index contributed by atoms with van der Waals surface area (Å²) in [5.41, 5.74) is 0. The highest BCUT2D eigenvalue weighted by atomic mass is 32.2. The molecule has 3 atom stereocenters. The van der Waals surface area contributed by atoms with Gasteiger partial charge >= 0.3 is 0 Å². The molecule has 0 amide bonds. The summed E-state index contributed by atoms with van der Waals surface area (Å²) in [7, 11) is -0.911. The van der Waals surface area contributed by atoms with Crippen LogP contribution in [0.1, 0.15) is 38.5 Å². The lowest BCUT2D eigenvalue weighted by Crippen LogP contribution is -2.55. The van der Waals surface area contributed by atoms with Crippen LogP contribution in [0.25, 0.3) is 0 Å². The molecule has 0 aromatic carbocycles. The monoisotopic (exact) mass is 315 g/mol. The maximum absolute atomic E-state index is 12.7. The van der Waals surface area contributed by atoms with Crippen LogP contribution in [-0.4, -0.2) is 68.7 Å². The van der Waals surface area contributed by atoms with Gasteiger partial charge in [-0.2, -0.15) is 0 Å². The molecule has 3 saturated heterocycles. The van der Waals surface area contributed by atoms with Crippen molar-refractivity contribution in [3.8, 4) is 0 Å². The molecule has 3 unspecified atom stereocenters. The average molecular weight is 315 g/mol. The Hall–Kier alpha value is -0.170. The number of nitrogens with one attached hydrogen (secondary N) is 1. The van der Waals surface area contributed by atoms with Gasteiger partial charge in [-0.15, -0.1) is 0 Å². The number of nitrogens with zero attached hydrogens (tertiary/aromatic N) is 2. The molecule has 122 valence electrons. The van der Waals surface area contributed by atoms with Gasteiger partial charge in [0.2, 0.25) is 10.0 Å². The summed E-state index contributed by atoms with van der Waals surface area (Å²) in [4.78, 5) is 2.43. The third kappa shape index (κ3) is 3.60. The Kier molecular flexibility index (Phi) is 4.88. The molecule has 0 bridgehead atoms. The highest BCUT2D eigenvalue weighted by molar-refractivity contribution is 7.89. The van der Waals surface area contributed by atoms with Gasteiger partial charge in [0.1, 0.15) is 0 Å². The van der Waals surface area contributed by atoms with E-state index in [1.807, 2.05) is 0 Å². The van der Waals surface area contributed by atoms with Gasteiger partial charge in [0, 0.05) is 25.2 Å². The molecule has 3 heterocycles. The van der Waals surface area contributed by atoms with E-state index in [-0.39, 0.29) is 6.04 Å². The lowest BCUT2D eigenvalue weighted by molar-refractivity contribution is 0.0670. The molecular formula is C15H29N3O2S. The summed E-state index contributed by atoms with van der Waals surface area (Å²) in [5.74, 6) is 0.826. The quantitative estimate of drug-likeness (QED) is 0.840. The maximum atomic E-state index is 12.7. The normalized spacial score (nSPS) is 36.3. The zero-order chi connectivity index (χ0) is 14.9. The zero-order valence-corrected chi connectivity index (χ0v) is 13.9. The van der Waals surface area contributed by atoms with E-state index in [1.165, 1.54) is 25.8 Å². The van der Waals surface area contributed by atoms with Gasteiger partial charge in [-0.05, 0) is 58.2 Å². The summed E-state index contributed by atoms with van der Waals surface area (Å²) >= 11 is 0. The van der Waals surface area contributed by atoms with E-state index >= 15 is 0 Å². The minimum Gasteiger partial charge on any atom is -0.313 e. The molecule has 3 rings (SSSR count). The molecule has 3 aliphatic rings. The fourth-order valence-electron chi connectivity index (χ4n) is 4.30. The van der Waals surface area contributed by atoms with Crippen molar-refractivity contribution >= 4 is 10.0 Å². The van der Waals surface area contributed by atoms with E-state index in [2.05, 4.69) is 17.3 Å². The van der Waals surface area contributed by atoms with Gasteiger partial charge in [0.15, 0.2) is 0 Å². The summed E-state index contributed by atoms with van der Waals surface area (Å²) < 4.78 is 27.1. The number of hydrogen-bond acceptors (Lipinski definition) is 4. The predicted octanol–water partition coefficient (Wildman–Crippen LogP) is 0.874. The number of rotatable bonds is 3. The fraction of sp³-hybridized carbons (Fsp3) is 1.00. The van der Waals surface area contributed by atoms with Crippen LogP contribution in [0.5, 0.6) is 0 Å². The Morgan fingerprint density at radius 3 is 2.71 bits per heavy atom. The largest absolute Gasteiger partial charge is 0.313 e. The summed E-state index contributed by atoms with van der Waals surface area (Å²) in [6, 6.07) is 0.758. The van der Waals surface area contributed by atoms with Gasteiger partial charge in [0.05, 0.1) is 5.75 Å². The van der Waals surface area contributed by atoms with Gasteiger partial charge < -0.3 is 10.2 Å². The van der Waals surface area contributed by atoms with Crippen LogP contribution >= 0.6 is 0 Å². The SMILES string of the molecule is CN1CCCC2CN(S(=O)(=O)CC3CCCCN3)CCC21. The first-order chi connectivity index (χ1) is 10.1. The molecule has 21 heavy (non-hydrogen) atoms. The molecule has 6 heteroatoms. The molecule has 0 aromatic rings. The van der Waals surface area contributed by atoms with Crippen molar-refractivity contribution in [2.45, 2.75) is 50.6 Å². The Bertz CT molecular complexity index is 448. The molecule has 0 aromatic heterocycles. The summed E-state index contributed by atoms with van der Waals surface area (Å²) in [6.07, 6.45) is 6.72. The standard InChI is InChI=1S/C15H29N3O2S/c1-17-9-4-5-13-11-18(10-7-15(13)17)21(19,20)12-14-6-2-3-8-16-14/h13-16H,2-12H2,1H3. The van der Waals surface area contributed by atoms with E-state index in [0.29, 0.717) is 24.3 Å². The second-order valence-corrected chi connectivity index (χ2v) is 9.04. The van der Waals surface area contributed by atoms with E-state index in [9.17, 15) is 8.42 Å². The molecule has 1 N–H and O–H groups in total. The second kappa shape index (κ2) is 6.52. The molecule has 5 nitrogen and oxygen atoms in total. The number of sulfonamides is 1. The van der Waals surface area contributed by atoms with Gasteiger partial charge in [0.25, 0.3) is 0 Å². The van der Waals surface area contributed by atoms with Crippen molar-refractivity contribution in [1.29, 1.82) is 0 Å². The number of hydrogen-bond donors (Lipinski definition) is 1. The summed E-state index contributed by atoms with van der Waals surface area (Å²) in [5, 5.41) is 3.36. The van der Waals surface area contributed by atoms with Crippen molar-refractivity contribution in [1.82, 2.24) is 14.5 Å². The lowest BCUT2D eigenvalue weighted by Gasteiger charge is -2.45. The van der Waals surface area contributed by atoms with Gasteiger partial charge in [-0.1, -0.05) is 6.42 Å². The summed E-state index contributed by atoms with van der Waals surface area (Å²) in [6.45, 7) is 3.58. The van der Waals surface area contributed by atoms with Gasteiger partial charge in [-0.3, -0.25) is 0 Å². The fourth-order valence-corrected chi connectivity index (χ4v) is 6.10. The molecule has 0 saturated carbocycles. The first-order valence-electron chi connectivity index (χ1n) is 8.48. The Balaban J connectivity index is 1.60. The molecule has 0 radical (unpaired) electrons. The van der Waals surface area contributed by atoms with E-state index in [0.717, 1.165) is 32.4 Å². The van der Waals surface area contributed by atoms with Crippen LogP contribution in [0.3, 0.4) is 0 Å². The zero-order valence-electron chi connectivity index (χ0n) is 13.1. The topological polar surface area (TPSA) is 52.7 Å². The van der Waals surface area contributed by atoms with Crippen molar-refractivity contribution in [3.63, 3.8) is 0 Å². The third-order valence-electron chi connectivity index (χ3n) is 5.53. The average Bonchev–Trinajstić information content (AvgIpc) is 2.48. The van der Waals surface area contributed by atoms with Crippen LogP contribution in [-0.2, 0) is 10.0 Å². The van der Waals surface area contributed by atoms with Crippen LogP contribution in [0.2, 0.25) is 0 Å². The van der Waals surface area contributed by atoms with Crippen molar-refractivity contribution in [2.24, 2.45) is 5.92 Å². The minimum atomic E-state index is -3.10. The molecular weight excluding hydrogens is 286 g/mol. The van der Waals surface area contributed by atoms with Crippen LogP contribution < -0.4 is 5.32 Å². The molecule has 3 aliphatic heterocycles.